The van der Waals surface area contributed by atoms with Gasteiger partial charge in [-0.25, -0.2) is 9.37 Å². The Hall–Kier alpha value is -3.00. The highest BCUT2D eigenvalue weighted by Gasteiger charge is 2.39. The molecule has 2 unspecified atom stereocenters. The van der Waals surface area contributed by atoms with Crippen LogP contribution in [0.15, 0.2) is 36.5 Å². The number of hydrogen-bond acceptors (Lipinski definition) is 5. The molecule has 2 aromatic rings. The summed E-state index contributed by atoms with van der Waals surface area (Å²) in [6.07, 6.45) is 9.73. The molecule has 8 heteroatoms. The first-order valence-electron chi connectivity index (χ1n) is 13.8. The van der Waals surface area contributed by atoms with Gasteiger partial charge in [-0.3, -0.25) is 9.59 Å². The number of nitrogens with zero attached hydrogens (tertiary/aromatic N) is 3. The third-order valence-corrected chi connectivity index (χ3v) is 8.42. The predicted molar refractivity (Wildman–Crippen MR) is 142 cm³/mol. The summed E-state index contributed by atoms with van der Waals surface area (Å²) in [7, 11) is 1.76. The highest BCUT2D eigenvalue weighted by molar-refractivity contribution is 5.90. The Bertz CT molecular complexity index is 1140. The van der Waals surface area contributed by atoms with Crippen LogP contribution in [0.3, 0.4) is 0 Å². The van der Waals surface area contributed by atoms with E-state index in [1.807, 2.05) is 30.2 Å². The van der Waals surface area contributed by atoms with Gasteiger partial charge in [0.15, 0.2) is 0 Å². The summed E-state index contributed by atoms with van der Waals surface area (Å²) in [5.74, 6) is 0.683. The second-order valence-electron chi connectivity index (χ2n) is 10.7. The van der Waals surface area contributed by atoms with Gasteiger partial charge in [0.2, 0.25) is 11.8 Å². The molecule has 37 heavy (non-hydrogen) atoms. The number of halogens is 1. The number of hydrogen-bond donors (Lipinski definition) is 2. The molecule has 1 aliphatic carbocycles. The van der Waals surface area contributed by atoms with Crippen molar-refractivity contribution in [2.45, 2.75) is 76.4 Å². The lowest BCUT2D eigenvalue weighted by Crippen LogP contribution is -2.55. The van der Waals surface area contributed by atoms with E-state index >= 15 is 0 Å². The molecule has 7 nitrogen and oxygen atoms in total. The number of aromatic nitrogens is 1. The number of fused-ring (bicyclic) bond motifs is 1. The van der Waals surface area contributed by atoms with Crippen molar-refractivity contribution in [3.8, 4) is 0 Å². The number of carbonyl (C=O) groups is 2. The average Bonchev–Trinajstić information content (AvgIpc) is 3.58. The number of anilines is 2. The van der Waals surface area contributed by atoms with E-state index in [1.54, 1.807) is 13.1 Å². The Morgan fingerprint density at radius 1 is 1.05 bits per heavy atom. The summed E-state index contributed by atoms with van der Waals surface area (Å²) < 4.78 is 13.7. The van der Waals surface area contributed by atoms with Crippen molar-refractivity contribution in [3.05, 3.63) is 53.5 Å². The van der Waals surface area contributed by atoms with Gasteiger partial charge in [0.1, 0.15) is 17.7 Å². The molecular formula is C29H38FN5O2. The summed E-state index contributed by atoms with van der Waals surface area (Å²) in [5.41, 5.74) is 3.04. The molecule has 3 aliphatic rings. The van der Waals surface area contributed by atoms with Crippen LogP contribution >= 0.6 is 0 Å². The zero-order valence-corrected chi connectivity index (χ0v) is 21.9. The largest absolute Gasteiger partial charge is 0.343 e. The summed E-state index contributed by atoms with van der Waals surface area (Å²) in [5, 5.41) is 6.10. The van der Waals surface area contributed by atoms with Gasteiger partial charge < -0.3 is 20.4 Å². The third-order valence-electron chi connectivity index (χ3n) is 8.42. The first kappa shape index (κ1) is 25.6. The van der Waals surface area contributed by atoms with Crippen LogP contribution in [0.4, 0.5) is 15.9 Å². The van der Waals surface area contributed by atoms with Crippen molar-refractivity contribution in [1.82, 2.24) is 20.5 Å². The number of nitrogens with one attached hydrogen (secondary N) is 2. The van der Waals surface area contributed by atoms with E-state index in [1.165, 1.54) is 12.5 Å². The van der Waals surface area contributed by atoms with Crippen molar-refractivity contribution < 1.29 is 14.0 Å². The molecule has 0 bridgehead atoms. The molecule has 1 saturated heterocycles. The number of likely N-dealkylation sites (N-methyl/N-ethyl adjacent to an activating group) is 1. The minimum atomic E-state index is -0.495. The average molecular weight is 508 g/mol. The smallest absolute Gasteiger partial charge is 0.245 e. The second kappa shape index (κ2) is 11.2. The minimum absolute atomic E-state index is 0.0337. The quantitative estimate of drug-likeness (QED) is 0.586. The minimum Gasteiger partial charge on any atom is -0.343 e. The van der Waals surface area contributed by atoms with Gasteiger partial charge in [-0.05, 0) is 93.5 Å². The molecule has 198 valence electrons. The molecule has 2 amide bonds. The Balaban J connectivity index is 1.38. The van der Waals surface area contributed by atoms with E-state index in [9.17, 15) is 14.0 Å². The topological polar surface area (TPSA) is 77.6 Å². The molecule has 0 radical (unpaired) electrons. The van der Waals surface area contributed by atoms with E-state index < -0.39 is 6.04 Å². The van der Waals surface area contributed by atoms with E-state index in [-0.39, 0.29) is 35.6 Å². The van der Waals surface area contributed by atoms with Crippen molar-refractivity contribution >= 4 is 23.3 Å². The maximum Gasteiger partial charge on any atom is 0.245 e. The fraction of sp³-hybridized carbons (Fsp3) is 0.552. The highest BCUT2D eigenvalue weighted by Crippen LogP contribution is 2.38. The second-order valence-corrected chi connectivity index (χ2v) is 10.7. The first-order valence-corrected chi connectivity index (χ1v) is 13.8. The maximum atomic E-state index is 14.0. The van der Waals surface area contributed by atoms with Crippen LogP contribution in [0, 0.1) is 11.7 Å². The molecule has 2 aliphatic heterocycles. The van der Waals surface area contributed by atoms with E-state index in [0.29, 0.717) is 6.54 Å². The molecule has 2 N–H and O–H groups in total. The van der Waals surface area contributed by atoms with Gasteiger partial charge in [-0.15, -0.1) is 0 Å². The normalized spacial score (nSPS) is 21.5. The lowest BCUT2D eigenvalue weighted by Gasteiger charge is -2.35. The molecule has 1 saturated carbocycles. The fourth-order valence-corrected chi connectivity index (χ4v) is 6.21. The SMILES string of the molecule is CNC(C)C(=O)N[C@H](C(=O)N1CCCC1c1ccnc(N2CCc3cc(F)ccc32)c1)C1CCCCC1. The zero-order chi connectivity index (χ0) is 25.9. The molecule has 3 heterocycles. The molecule has 0 spiro atoms. The monoisotopic (exact) mass is 507 g/mol. The number of rotatable bonds is 7. The summed E-state index contributed by atoms with van der Waals surface area (Å²) >= 11 is 0. The first-order chi connectivity index (χ1) is 18.0. The van der Waals surface area contributed by atoms with E-state index in [2.05, 4.69) is 26.6 Å². The van der Waals surface area contributed by atoms with Crippen LogP contribution in [0.25, 0.3) is 0 Å². The Morgan fingerprint density at radius 3 is 2.65 bits per heavy atom. The highest BCUT2D eigenvalue weighted by atomic mass is 19.1. The lowest BCUT2D eigenvalue weighted by molar-refractivity contribution is -0.139. The Morgan fingerprint density at radius 2 is 1.86 bits per heavy atom. The molecule has 3 atom stereocenters. The van der Waals surface area contributed by atoms with Gasteiger partial charge in [0.05, 0.1) is 12.1 Å². The third kappa shape index (κ3) is 5.35. The van der Waals surface area contributed by atoms with Crippen molar-refractivity contribution in [1.29, 1.82) is 0 Å². The maximum absolute atomic E-state index is 14.0. The van der Waals surface area contributed by atoms with Crippen molar-refractivity contribution in [3.63, 3.8) is 0 Å². The van der Waals surface area contributed by atoms with Gasteiger partial charge in [-0.1, -0.05) is 19.3 Å². The molecule has 1 aromatic carbocycles. The van der Waals surface area contributed by atoms with Crippen LogP contribution in [-0.2, 0) is 16.0 Å². The number of amides is 2. The standard InChI is InChI=1S/C29H38FN5O2/c1-19(31-2)28(36)33-27(20-7-4-3-5-8-20)29(37)35-15-6-9-24(35)21-12-14-32-26(18-21)34-16-13-22-17-23(30)10-11-25(22)34/h10-12,14,17-20,24,27,31H,3-9,13,15-16H2,1-2H3,(H,33,36)/t19?,24?,27-/m0/s1. The summed E-state index contributed by atoms with van der Waals surface area (Å²) in [6, 6.07) is 8.09. The fourth-order valence-electron chi connectivity index (χ4n) is 6.21. The number of pyridine rings is 1. The molecule has 5 rings (SSSR count). The van der Waals surface area contributed by atoms with Crippen LogP contribution < -0.4 is 15.5 Å². The molecule has 2 fully saturated rings. The van der Waals surface area contributed by atoms with E-state index in [4.69, 9.17) is 0 Å². The Labute approximate surface area is 218 Å². The van der Waals surface area contributed by atoms with Gasteiger partial charge in [0, 0.05) is 25.0 Å². The van der Waals surface area contributed by atoms with Crippen LogP contribution in [0.5, 0.6) is 0 Å². The lowest BCUT2D eigenvalue weighted by atomic mass is 9.83. The summed E-state index contributed by atoms with van der Waals surface area (Å²) in [6.45, 7) is 3.26. The van der Waals surface area contributed by atoms with E-state index in [0.717, 1.165) is 74.1 Å². The zero-order valence-electron chi connectivity index (χ0n) is 21.9. The molecular weight excluding hydrogens is 469 g/mol. The van der Waals surface area contributed by atoms with Gasteiger partial charge in [-0.2, -0.15) is 0 Å². The molecule has 1 aromatic heterocycles. The Kier molecular flexibility index (Phi) is 7.74. The number of benzene rings is 1. The van der Waals surface area contributed by atoms with Gasteiger partial charge >= 0.3 is 0 Å². The van der Waals surface area contributed by atoms with Crippen molar-refractivity contribution in [2.75, 3.05) is 25.0 Å². The number of carbonyl (C=O) groups excluding carboxylic acids is 2. The van der Waals surface area contributed by atoms with Gasteiger partial charge in [0.25, 0.3) is 0 Å². The van der Waals surface area contributed by atoms with Crippen molar-refractivity contribution in [2.24, 2.45) is 5.92 Å². The summed E-state index contributed by atoms with van der Waals surface area (Å²) in [4.78, 5) is 35.6. The van der Waals surface area contributed by atoms with Crippen LogP contribution in [0.1, 0.15) is 69.0 Å². The van der Waals surface area contributed by atoms with Crippen LogP contribution in [-0.4, -0.2) is 53.9 Å². The number of likely N-dealkylation sites (tertiary alicyclic amines) is 1. The predicted octanol–water partition coefficient (Wildman–Crippen LogP) is 4.25. The van der Waals surface area contributed by atoms with Crippen LogP contribution in [0.2, 0.25) is 0 Å².